The van der Waals surface area contributed by atoms with Gasteiger partial charge in [0.05, 0.1) is 11.0 Å². The lowest BCUT2D eigenvalue weighted by Crippen LogP contribution is -1.93. The van der Waals surface area contributed by atoms with Crippen LogP contribution >= 0.6 is 22.7 Å². The van der Waals surface area contributed by atoms with Crippen molar-refractivity contribution in [3.8, 4) is 16.8 Å². The Balaban J connectivity index is 1.03. The molecular weight excluding hydrogens is 703 g/mol. The molecule has 0 unspecified atom stereocenters. The predicted molar refractivity (Wildman–Crippen MR) is 242 cm³/mol. The minimum Gasteiger partial charge on any atom is -0.309 e. The molecule has 0 saturated carbocycles. The highest BCUT2D eigenvalue weighted by atomic mass is 32.1. The molecule has 0 radical (unpaired) electrons. The number of fused-ring (bicyclic) bond motifs is 18. The lowest BCUT2D eigenvalue weighted by atomic mass is 9.89. The van der Waals surface area contributed by atoms with Gasteiger partial charge in [0.1, 0.15) is 0 Å². The summed E-state index contributed by atoms with van der Waals surface area (Å²) in [6.45, 7) is 0. The Hall–Kier alpha value is -6.52. The fourth-order valence-corrected chi connectivity index (χ4v) is 11.7. The lowest BCUT2D eigenvalue weighted by molar-refractivity contribution is 1.19. The molecule has 0 aliphatic heterocycles. The van der Waals surface area contributed by atoms with Gasteiger partial charge in [-0.2, -0.15) is 0 Å². The van der Waals surface area contributed by atoms with E-state index in [9.17, 15) is 0 Å². The van der Waals surface area contributed by atoms with Crippen LogP contribution in [0.2, 0.25) is 0 Å². The summed E-state index contributed by atoms with van der Waals surface area (Å²) in [5.74, 6) is 0. The molecule has 0 saturated heterocycles. The second-order valence-electron chi connectivity index (χ2n) is 14.8. The first-order chi connectivity index (χ1) is 27.3. The molecule has 0 aliphatic carbocycles. The van der Waals surface area contributed by atoms with E-state index >= 15 is 0 Å². The van der Waals surface area contributed by atoms with E-state index in [0.717, 1.165) is 0 Å². The molecule has 1 nitrogen and oxygen atoms in total. The van der Waals surface area contributed by atoms with Crippen LogP contribution in [0.3, 0.4) is 0 Å². The average Bonchev–Trinajstić information content (AvgIpc) is 3.92. The zero-order valence-electron chi connectivity index (χ0n) is 29.5. The Bertz CT molecular complexity index is 3710. The van der Waals surface area contributed by atoms with Crippen LogP contribution in [-0.2, 0) is 0 Å². The predicted octanol–water partition coefficient (Wildman–Crippen LogP) is 15.8. The summed E-state index contributed by atoms with van der Waals surface area (Å²) in [7, 11) is 0. The SMILES string of the molecule is c1ccc2c(c1)ccc1sc3ccc4c5ccc(-c6ccc7sc8ccc(-n9c%10ccccc%10c%10ccccc%109)cc8c7c6)cc5c5ccccc5c4c3c12. The van der Waals surface area contributed by atoms with Crippen LogP contribution in [-0.4, -0.2) is 4.57 Å². The number of hydrogen-bond donors (Lipinski definition) is 0. The molecule has 0 spiro atoms. The monoisotopic (exact) mass is 731 g/mol. The highest BCUT2D eigenvalue weighted by Gasteiger charge is 2.18. The number of hydrogen-bond acceptors (Lipinski definition) is 2. The Morgan fingerprint density at radius 1 is 0.291 bits per heavy atom. The van der Waals surface area contributed by atoms with Gasteiger partial charge in [0, 0.05) is 56.8 Å². The second-order valence-corrected chi connectivity index (χ2v) is 17.0. The van der Waals surface area contributed by atoms with E-state index in [-0.39, 0.29) is 0 Å². The number of rotatable bonds is 2. The van der Waals surface area contributed by atoms with E-state index in [1.165, 1.54) is 122 Å². The van der Waals surface area contributed by atoms with Gasteiger partial charge < -0.3 is 4.57 Å². The van der Waals surface area contributed by atoms with Crippen molar-refractivity contribution < 1.29 is 0 Å². The number of nitrogens with zero attached hydrogens (tertiary/aromatic N) is 1. The van der Waals surface area contributed by atoms with Crippen molar-refractivity contribution in [3.05, 3.63) is 176 Å². The molecule has 3 aromatic heterocycles. The van der Waals surface area contributed by atoms with E-state index in [1.54, 1.807) is 0 Å². The van der Waals surface area contributed by atoms with Crippen molar-refractivity contribution in [2.45, 2.75) is 0 Å². The quantitative estimate of drug-likeness (QED) is 0.156. The molecule has 0 aliphatic rings. The average molecular weight is 732 g/mol. The Kier molecular flexibility index (Phi) is 5.99. The first-order valence-corrected chi connectivity index (χ1v) is 20.5. The summed E-state index contributed by atoms with van der Waals surface area (Å²) in [6, 6.07) is 65.9. The van der Waals surface area contributed by atoms with Crippen LogP contribution < -0.4 is 0 Å². The van der Waals surface area contributed by atoms with Gasteiger partial charge in [-0.05, 0) is 115 Å². The molecule has 3 heteroatoms. The molecule has 55 heavy (non-hydrogen) atoms. The Morgan fingerprint density at radius 2 is 0.800 bits per heavy atom. The van der Waals surface area contributed by atoms with Crippen LogP contribution in [0, 0.1) is 0 Å². The van der Waals surface area contributed by atoms with Crippen molar-refractivity contribution in [2.24, 2.45) is 0 Å². The van der Waals surface area contributed by atoms with Crippen LogP contribution in [0.1, 0.15) is 0 Å². The Morgan fingerprint density at radius 3 is 1.60 bits per heavy atom. The number of benzene rings is 10. The molecule has 0 fully saturated rings. The molecule has 13 aromatic rings. The standard InChI is InChI=1S/C52H29NS2/c1-2-10-34-30(9-1)18-24-48-51(34)52-49(55-48)26-22-40-36-21-17-31(27-41(36)35-11-3-4-14-39(35)50(40)52)32-19-23-46-42(28-32)43-29-33(20-25-47(43)54-46)53-44-15-7-5-12-37(44)38-13-6-8-16-45(38)53/h1-29H. The molecule has 0 N–H and O–H groups in total. The minimum absolute atomic E-state index is 1.19. The summed E-state index contributed by atoms with van der Waals surface area (Å²) >= 11 is 3.79. The molecule has 13 rings (SSSR count). The maximum Gasteiger partial charge on any atom is 0.0541 e. The lowest BCUT2D eigenvalue weighted by Gasteiger charge is -2.14. The molecule has 3 heterocycles. The summed E-state index contributed by atoms with van der Waals surface area (Å²) in [5.41, 5.74) is 6.15. The fourth-order valence-electron chi connectivity index (χ4n) is 9.54. The number of thiophene rings is 2. The Labute approximate surface area is 323 Å². The van der Waals surface area contributed by atoms with Crippen LogP contribution in [0.25, 0.3) is 122 Å². The maximum atomic E-state index is 2.43. The topological polar surface area (TPSA) is 4.93 Å². The van der Waals surface area contributed by atoms with Gasteiger partial charge >= 0.3 is 0 Å². The van der Waals surface area contributed by atoms with Gasteiger partial charge in [0.15, 0.2) is 0 Å². The largest absolute Gasteiger partial charge is 0.309 e. The highest BCUT2D eigenvalue weighted by Crippen LogP contribution is 2.47. The first kappa shape index (κ1) is 29.9. The summed E-state index contributed by atoms with van der Waals surface area (Å²) in [4.78, 5) is 0. The second kappa shape index (κ2) is 11.0. The molecule has 254 valence electrons. The van der Waals surface area contributed by atoms with Gasteiger partial charge in [-0.15, -0.1) is 22.7 Å². The van der Waals surface area contributed by atoms with Crippen molar-refractivity contribution >= 4 is 128 Å². The van der Waals surface area contributed by atoms with E-state index in [2.05, 4.69) is 180 Å². The third-order valence-electron chi connectivity index (χ3n) is 11.9. The van der Waals surface area contributed by atoms with E-state index in [0.29, 0.717) is 0 Å². The van der Waals surface area contributed by atoms with E-state index in [4.69, 9.17) is 0 Å². The van der Waals surface area contributed by atoms with Crippen molar-refractivity contribution in [2.75, 3.05) is 0 Å². The summed E-state index contributed by atoms with van der Waals surface area (Å²) in [6.07, 6.45) is 0. The number of aromatic nitrogens is 1. The molecule has 0 bridgehead atoms. The number of para-hydroxylation sites is 2. The molecular formula is C52H29NS2. The van der Waals surface area contributed by atoms with Crippen LogP contribution in [0.5, 0.6) is 0 Å². The molecule has 0 amide bonds. The maximum absolute atomic E-state index is 2.43. The molecule has 0 atom stereocenters. The van der Waals surface area contributed by atoms with Crippen LogP contribution in [0.15, 0.2) is 176 Å². The van der Waals surface area contributed by atoms with Crippen molar-refractivity contribution in [1.29, 1.82) is 0 Å². The van der Waals surface area contributed by atoms with Gasteiger partial charge in [-0.25, -0.2) is 0 Å². The molecule has 10 aromatic carbocycles. The van der Waals surface area contributed by atoms with Gasteiger partial charge in [0.2, 0.25) is 0 Å². The van der Waals surface area contributed by atoms with Crippen molar-refractivity contribution in [1.82, 2.24) is 4.57 Å². The summed E-state index contributed by atoms with van der Waals surface area (Å²) in [5, 5.41) is 18.5. The van der Waals surface area contributed by atoms with Gasteiger partial charge in [0.25, 0.3) is 0 Å². The zero-order chi connectivity index (χ0) is 35.8. The smallest absolute Gasteiger partial charge is 0.0541 e. The third-order valence-corrected chi connectivity index (χ3v) is 14.2. The minimum atomic E-state index is 1.19. The zero-order valence-corrected chi connectivity index (χ0v) is 31.1. The third kappa shape index (κ3) is 4.12. The van der Waals surface area contributed by atoms with Crippen LogP contribution in [0.4, 0.5) is 0 Å². The van der Waals surface area contributed by atoms with E-state index in [1.807, 2.05) is 22.7 Å². The van der Waals surface area contributed by atoms with Crippen molar-refractivity contribution in [3.63, 3.8) is 0 Å². The fraction of sp³-hybridized carbons (Fsp3) is 0. The van der Waals surface area contributed by atoms with Gasteiger partial charge in [-0.3, -0.25) is 0 Å². The normalized spacial score (nSPS) is 12.4. The van der Waals surface area contributed by atoms with Gasteiger partial charge in [-0.1, -0.05) is 115 Å². The summed E-state index contributed by atoms with van der Waals surface area (Å²) < 4.78 is 7.74. The highest BCUT2D eigenvalue weighted by molar-refractivity contribution is 7.26. The first-order valence-electron chi connectivity index (χ1n) is 18.8. The van der Waals surface area contributed by atoms with E-state index < -0.39 is 0 Å².